The Morgan fingerprint density at radius 1 is 0.619 bits per heavy atom. The van der Waals surface area contributed by atoms with E-state index >= 15 is 0 Å². The summed E-state index contributed by atoms with van der Waals surface area (Å²) in [4.78, 5) is 1.03. The first-order valence-electron chi connectivity index (χ1n) is 7.12. The number of hydrogen-bond donors (Lipinski definition) is 1. The highest BCUT2D eigenvalue weighted by molar-refractivity contribution is 7.80. The molecule has 0 fully saturated rings. The van der Waals surface area contributed by atoms with Gasteiger partial charge in [0.1, 0.15) is 0 Å². The molecule has 0 aromatic heterocycles. The number of hydrogen-bond acceptors (Lipinski definition) is 1. The van der Waals surface area contributed by atoms with Crippen LogP contribution in [0.1, 0.15) is 11.1 Å². The lowest BCUT2D eigenvalue weighted by Crippen LogP contribution is -1.93. The van der Waals surface area contributed by atoms with Crippen molar-refractivity contribution in [3.05, 3.63) is 77.9 Å². The summed E-state index contributed by atoms with van der Waals surface area (Å²) in [6.45, 7) is 4.32. The van der Waals surface area contributed by atoms with Crippen LogP contribution in [-0.4, -0.2) is 0 Å². The van der Waals surface area contributed by atoms with Gasteiger partial charge in [-0.05, 0) is 53.3 Å². The van der Waals surface area contributed by atoms with Gasteiger partial charge in [-0.25, -0.2) is 0 Å². The zero-order valence-electron chi connectivity index (χ0n) is 12.3. The summed E-state index contributed by atoms with van der Waals surface area (Å²) in [6.07, 6.45) is 0. The molecule has 0 spiro atoms. The molecule has 21 heavy (non-hydrogen) atoms. The van der Waals surface area contributed by atoms with E-state index in [4.69, 9.17) is 0 Å². The third kappa shape index (κ3) is 2.62. The van der Waals surface area contributed by atoms with Gasteiger partial charge in [-0.15, -0.1) is 12.6 Å². The lowest BCUT2D eigenvalue weighted by Gasteiger charge is -2.17. The van der Waals surface area contributed by atoms with Gasteiger partial charge in [-0.3, -0.25) is 0 Å². The van der Waals surface area contributed by atoms with Crippen LogP contribution in [0, 0.1) is 13.8 Å². The topological polar surface area (TPSA) is 0 Å². The maximum atomic E-state index is 4.69. The monoisotopic (exact) mass is 290 g/mol. The molecule has 0 aliphatic carbocycles. The lowest BCUT2D eigenvalue weighted by molar-refractivity contribution is 1.33. The van der Waals surface area contributed by atoms with E-state index in [1.165, 1.54) is 33.4 Å². The van der Waals surface area contributed by atoms with E-state index in [0.29, 0.717) is 0 Å². The summed E-state index contributed by atoms with van der Waals surface area (Å²) < 4.78 is 0. The van der Waals surface area contributed by atoms with Crippen LogP contribution in [0.25, 0.3) is 22.3 Å². The van der Waals surface area contributed by atoms with Crippen LogP contribution in [-0.2, 0) is 0 Å². The molecular weight excluding hydrogens is 272 g/mol. The summed E-state index contributed by atoms with van der Waals surface area (Å²) in [5, 5.41) is 0. The molecule has 0 bridgehead atoms. The molecule has 0 unspecified atom stereocenters. The van der Waals surface area contributed by atoms with Crippen molar-refractivity contribution >= 4 is 12.6 Å². The maximum Gasteiger partial charge on any atom is 0.0122 e. The highest BCUT2D eigenvalue weighted by Crippen LogP contribution is 2.39. The first kappa shape index (κ1) is 14.0. The summed E-state index contributed by atoms with van der Waals surface area (Å²) >= 11 is 4.69. The van der Waals surface area contributed by atoms with Crippen LogP contribution in [0.5, 0.6) is 0 Å². The van der Waals surface area contributed by atoms with Crippen molar-refractivity contribution < 1.29 is 0 Å². The van der Waals surface area contributed by atoms with Gasteiger partial charge in [0, 0.05) is 4.90 Å². The Hall–Kier alpha value is -1.99. The number of rotatable bonds is 2. The molecule has 0 nitrogen and oxygen atoms in total. The van der Waals surface area contributed by atoms with Crippen LogP contribution in [0.15, 0.2) is 71.6 Å². The average molecular weight is 290 g/mol. The van der Waals surface area contributed by atoms with Crippen molar-refractivity contribution in [2.75, 3.05) is 0 Å². The van der Waals surface area contributed by atoms with E-state index in [1.54, 1.807) is 0 Å². The fraction of sp³-hybridized carbons (Fsp3) is 0.100. The molecule has 0 atom stereocenters. The minimum absolute atomic E-state index is 1.03. The summed E-state index contributed by atoms with van der Waals surface area (Å²) in [7, 11) is 0. The highest BCUT2D eigenvalue weighted by atomic mass is 32.1. The Labute approximate surface area is 131 Å². The molecule has 3 aromatic carbocycles. The standard InChI is InChI=1S/C20H18S/c1-14-8-6-12-17(16-10-4-3-5-11-16)19(14)20-15(2)9-7-13-18(20)21/h3-13,21H,1-2H3. The Kier molecular flexibility index (Phi) is 3.85. The molecule has 0 aliphatic rings. The summed E-state index contributed by atoms with van der Waals surface area (Å²) in [5.74, 6) is 0. The second-order valence-electron chi connectivity index (χ2n) is 5.33. The first-order valence-corrected chi connectivity index (χ1v) is 7.57. The molecule has 0 heterocycles. The van der Waals surface area contributed by atoms with Gasteiger partial charge in [0.05, 0.1) is 0 Å². The average Bonchev–Trinajstić information content (AvgIpc) is 2.49. The van der Waals surface area contributed by atoms with Crippen molar-refractivity contribution in [3.63, 3.8) is 0 Å². The fourth-order valence-corrected chi connectivity index (χ4v) is 3.21. The second-order valence-corrected chi connectivity index (χ2v) is 5.81. The molecule has 3 rings (SSSR count). The van der Waals surface area contributed by atoms with E-state index in [1.807, 2.05) is 0 Å². The number of aryl methyl sites for hydroxylation is 2. The minimum atomic E-state index is 1.03. The zero-order chi connectivity index (χ0) is 14.8. The van der Waals surface area contributed by atoms with Crippen LogP contribution < -0.4 is 0 Å². The molecule has 1 heteroatoms. The van der Waals surface area contributed by atoms with E-state index < -0.39 is 0 Å². The Morgan fingerprint density at radius 2 is 1.24 bits per heavy atom. The van der Waals surface area contributed by atoms with E-state index in [-0.39, 0.29) is 0 Å². The summed E-state index contributed by atoms with van der Waals surface area (Å²) in [5.41, 5.74) is 7.56. The van der Waals surface area contributed by atoms with Gasteiger partial charge >= 0.3 is 0 Å². The predicted molar refractivity (Wildman–Crippen MR) is 94.0 cm³/mol. The summed E-state index contributed by atoms with van der Waals surface area (Å²) in [6, 6.07) is 23.3. The maximum absolute atomic E-state index is 4.69. The van der Waals surface area contributed by atoms with Gasteiger partial charge in [-0.1, -0.05) is 60.7 Å². The lowest BCUT2D eigenvalue weighted by atomic mass is 9.89. The van der Waals surface area contributed by atoms with Crippen LogP contribution in [0.2, 0.25) is 0 Å². The minimum Gasteiger partial charge on any atom is -0.143 e. The van der Waals surface area contributed by atoms with Crippen LogP contribution in [0.4, 0.5) is 0 Å². The van der Waals surface area contributed by atoms with E-state index in [9.17, 15) is 0 Å². The van der Waals surface area contributed by atoms with Crippen molar-refractivity contribution in [1.29, 1.82) is 0 Å². The highest BCUT2D eigenvalue weighted by Gasteiger charge is 2.14. The molecule has 104 valence electrons. The molecule has 0 saturated carbocycles. The predicted octanol–water partition coefficient (Wildman–Crippen LogP) is 5.93. The number of thiol groups is 1. The molecule has 0 N–H and O–H groups in total. The molecule has 3 aromatic rings. The van der Waals surface area contributed by atoms with Gasteiger partial charge in [0.2, 0.25) is 0 Å². The quantitative estimate of drug-likeness (QED) is 0.556. The normalized spacial score (nSPS) is 10.6. The van der Waals surface area contributed by atoms with Crippen molar-refractivity contribution in [1.82, 2.24) is 0 Å². The number of benzene rings is 3. The Morgan fingerprint density at radius 3 is 1.90 bits per heavy atom. The SMILES string of the molecule is Cc1cccc(S)c1-c1c(C)cccc1-c1ccccc1. The Balaban J connectivity index is 2.33. The van der Waals surface area contributed by atoms with E-state index in [2.05, 4.69) is 93.2 Å². The van der Waals surface area contributed by atoms with Crippen LogP contribution >= 0.6 is 12.6 Å². The molecular formula is C20H18S. The third-order valence-electron chi connectivity index (χ3n) is 3.86. The molecule has 0 radical (unpaired) electrons. The fourth-order valence-electron chi connectivity index (χ4n) is 2.84. The van der Waals surface area contributed by atoms with Crippen molar-refractivity contribution in [2.45, 2.75) is 18.7 Å². The third-order valence-corrected chi connectivity index (χ3v) is 4.23. The zero-order valence-corrected chi connectivity index (χ0v) is 13.2. The van der Waals surface area contributed by atoms with Gasteiger partial charge in [-0.2, -0.15) is 0 Å². The second kappa shape index (κ2) is 5.79. The smallest absolute Gasteiger partial charge is 0.0122 e. The van der Waals surface area contributed by atoms with Crippen molar-refractivity contribution in [3.8, 4) is 22.3 Å². The molecule has 0 saturated heterocycles. The Bertz CT molecular complexity index is 753. The first-order chi connectivity index (χ1) is 10.2. The van der Waals surface area contributed by atoms with E-state index in [0.717, 1.165) is 4.90 Å². The largest absolute Gasteiger partial charge is 0.143 e. The molecule has 0 aliphatic heterocycles. The van der Waals surface area contributed by atoms with Crippen molar-refractivity contribution in [2.24, 2.45) is 0 Å². The van der Waals surface area contributed by atoms with Gasteiger partial charge < -0.3 is 0 Å². The van der Waals surface area contributed by atoms with Gasteiger partial charge in [0.25, 0.3) is 0 Å². The van der Waals surface area contributed by atoms with Gasteiger partial charge in [0.15, 0.2) is 0 Å². The van der Waals surface area contributed by atoms with Crippen LogP contribution in [0.3, 0.4) is 0 Å². The molecule has 0 amide bonds.